The minimum absolute atomic E-state index is 0.108. The molecule has 0 saturated heterocycles. The fourth-order valence-corrected chi connectivity index (χ4v) is 3.08. The molecule has 0 aliphatic heterocycles. The molecule has 5 nitrogen and oxygen atoms in total. The van der Waals surface area contributed by atoms with Crippen LogP contribution in [-0.4, -0.2) is 35.9 Å². The number of amides is 2. The summed E-state index contributed by atoms with van der Waals surface area (Å²) in [5, 5.41) is 2.92. The van der Waals surface area contributed by atoms with Crippen LogP contribution in [0.5, 0.6) is 5.75 Å². The highest BCUT2D eigenvalue weighted by Crippen LogP contribution is 2.19. The number of ether oxygens (including phenoxy) is 1. The van der Waals surface area contributed by atoms with Gasteiger partial charge in [-0.05, 0) is 44.4 Å². The number of hydrogen-bond acceptors (Lipinski definition) is 3. The second kappa shape index (κ2) is 11.2. The van der Waals surface area contributed by atoms with Crippen molar-refractivity contribution in [2.45, 2.75) is 53.1 Å². The summed E-state index contributed by atoms with van der Waals surface area (Å²) in [6.45, 7) is 8.68. The second-order valence-electron chi connectivity index (χ2n) is 7.39. The van der Waals surface area contributed by atoms with E-state index in [9.17, 15) is 9.59 Å². The average Bonchev–Trinajstić information content (AvgIpc) is 2.71. The third-order valence-electron chi connectivity index (χ3n) is 4.87. The van der Waals surface area contributed by atoms with Gasteiger partial charge < -0.3 is 15.0 Å². The SMILES string of the molecule is CCCCNC(=O)C(C)N(Cc1ccccc1)C(=O)COc1ccc(C)cc1C. The van der Waals surface area contributed by atoms with Crippen LogP contribution in [0.25, 0.3) is 0 Å². The van der Waals surface area contributed by atoms with Crippen molar-refractivity contribution in [1.82, 2.24) is 10.2 Å². The van der Waals surface area contributed by atoms with E-state index in [4.69, 9.17) is 4.74 Å². The molecule has 1 N–H and O–H groups in total. The van der Waals surface area contributed by atoms with E-state index in [1.807, 2.05) is 62.4 Å². The molecule has 0 aliphatic carbocycles. The number of carbonyl (C=O) groups is 2. The van der Waals surface area contributed by atoms with Gasteiger partial charge in [-0.3, -0.25) is 9.59 Å². The van der Waals surface area contributed by atoms with E-state index >= 15 is 0 Å². The molecule has 5 heteroatoms. The van der Waals surface area contributed by atoms with Crippen LogP contribution >= 0.6 is 0 Å². The lowest BCUT2D eigenvalue weighted by atomic mass is 10.1. The maximum atomic E-state index is 13.0. The van der Waals surface area contributed by atoms with Crippen molar-refractivity contribution in [3.8, 4) is 5.75 Å². The Hall–Kier alpha value is -2.82. The molecule has 2 amide bonds. The molecule has 0 heterocycles. The van der Waals surface area contributed by atoms with Gasteiger partial charge in [-0.2, -0.15) is 0 Å². The molecule has 2 rings (SSSR count). The first-order chi connectivity index (χ1) is 13.9. The summed E-state index contributed by atoms with van der Waals surface area (Å²) in [6, 6.07) is 15.0. The molecule has 0 radical (unpaired) electrons. The smallest absolute Gasteiger partial charge is 0.261 e. The van der Waals surface area contributed by atoms with Crippen molar-refractivity contribution in [3.05, 3.63) is 65.2 Å². The molecule has 0 bridgehead atoms. The van der Waals surface area contributed by atoms with Crippen LogP contribution in [0.4, 0.5) is 0 Å². The molecule has 0 fully saturated rings. The van der Waals surface area contributed by atoms with E-state index in [1.54, 1.807) is 11.8 Å². The minimum atomic E-state index is -0.581. The lowest BCUT2D eigenvalue weighted by Crippen LogP contribution is -2.49. The van der Waals surface area contributed by atoms with Crippen molar-refractivity contribution in [2.75, 3.05) is 13.2 Å². The summed E-state index contributed by atoms with van der Waals surface area (Å²) in [4.78, 5) is 27.2. The van der Waals surface area contributed by atoms with Gasteiger partial charge in [0.25, 0.3) is 5.91 Å². The van der Waals surface area contributed by atoms with Gasteiger partial charge in [-0.1, -0.05) is 61.4 Å². The molecular weight excluding hydrogens is 364 g/mol. The van der Waals surface area contributed by atoms with Gasteiger partial charge in [0.1, 0.15) is 11.8 Å². The molecule has 0 spiro atoms. The Labute approximate surface area is 174 Å². The van der Waals surface area contributed by atoms with E-state index in [0.717, 1.165) is 29.5 Å². The largest absolute Gasteiger partial charge is 0.483 e. The van der Waals surface area contributed by atoms with Gasteiger partial charge >= 0.3 is 0 Å². The third-order valence-corrected chi connectivity index (χ3v) is 4.87. The summed E-state index contributed by atoms with van der Waals surface area (Å²) in [5.41, 5.74) is 3.10. The molecule has 2 aromatic carbocycles. The van der Waals surface area contributed by atoms with Gasteiger partial charge in [0.2, 0.25) is 5.91 Å². The number of carbonyl (C=O) groups excluding carboxylic acids is 2. The van der Waals surface area contributed by atoms with E-state index in [1.165, 1.54) is 0 Å². The fourth-order valence-electron chi connectivity index (χ4n) is 3.08. The lowest BCUT2D eigenvalue weighted by Gasteiger charge is -2.29. The maximum Gasteiger partial charge on any atom is 0.261 e. The van der Waals surface area contributed by atoms with Crippen LogP contribution in [-0.2, 0) is 16.1 Å². The zero-order valence-corrected chi connectivity index (χ0v) is 17.9. The highest BCUT2D eigenvalue weighted by atomic mass is 16.5. The van der Waals surface area contributed by atoms with Crippen molar-refractivity contribution in [1.29, 1.82) is 0 Å². The van der Waals surface area contributed by atoms with Gasteiger partial charge in [-0.25, -0.2) is 0 Å². The van der Waals surface area contributed by atoms with Crippen LogP contribution in [0.2, 0.25) is 0 Å². The lowest BCUT2D eigenvalue weighted by molar-refractivity contribution is -0.142. The predicted molar refractivity (Wildman–Crippen MR) is 116 cm³/mol. The van der Waals surface area contributed by atoms with Gasteiger partial charge in [0.05, 0.1) is 0 Å². The minimum Gasteiger partial charge on any atom is -0.483 e. The molecule has 1 atom stereocenters. The monoisotopic (exact) mass is 396 g/mol. The molecule has 0 saturated carbocycles. The van der Waals surface area contributed by atoms with Crippen LogP contribution in [0.3, 0.4) is 0 Å². The highest BCUT2D eigenvalue weighted by molar-refractivity contribution is 5.87. The van der Waals surface area contributed by atoms with Crippen LogP contribution in [0.15, 0.2) is 48.5 Å². The summed E-state index contributed by atoms with van der Waals surface area (Å²) in [6.07, 6.45) is 1.92. The Bertz CT molecular complexity index is 805. The number of nitrogens with zero attached hydrogens (tertiary/aromatic N) is 1. The van der Waals surface area contributed by atoms with E-state index in [0.29, 0.717) is 18.8 Å². The Morgan fingerprint density at radius 3 is 2.48 bits per heavy atom. The second-order valence-corrected chi connectivity index (χ2v) is 7.39. The number of nitrogens with one attached hydrogen (secondary N) is 1. The van der Waals surface area contributed by atoms with E-state index in [-0.39, 0.29) is 18.4 Å². The number of unbranched alkanes of at least 4 members (excludes halogenated alkanes) is 1. The highest BCUT2D eigenvalue weighted by Gasteiger charge is 2.26. The first-order valence-electron chi connectivity index (χ1n) is 10.2. The topological polar surface area (TPSA) is 58.6 Å². The quantitative estimate of drug-likeness (QED) is 0.617. The Morgan fingerprint density at radius 2 is 1.83 bits per heavy atom. The molecule has 2 aromatic rings. The molecule has 1 unspecified atom stereocenters. The standard InChI is InChI=1S/C24H32N2O3/c1-5-6-14-25-24(28)20(4)26(16-21-10-8-7-9-11-21)23(27)17-29-22-13-12-18(2)15-19(22)3/h7-13,15,20H,5-6,14,16-17H2,1-4H3,(H,25,28). The number of hydrogen-bond donors (Lipinski definition) is 1. The molecule has 29 heavy (non-hydrogen) atoms. The normalized spacial score (nSPS) is 11.6. The predicted octanol–water partition coefficient (Wildman–Crippen LogP) is 4.02. The molecule has 156 valence electrons. The van der Waals surface area contributed by atoms with Crippen molar-refractivity contribution < 1.29 is 14.3 Å². The van der Waals surface area contributed by atoms with Crippen LogP contribution in [0, 0.1) is 13.8 Å². The van der Waals surface area contributed by atoms with Crippen molar-refractivity contribution in [3.63, 3.8) is 0 Å². The number of rotatable bonds is 10. The number of aryl methyl sites for hydroxylation is 2. The van der Waals surface area contributed by atoms with Gasteiger partial charge in [0, 0.05) is 13.1 Å². The first kappa shape index (κ1) is 22.5. The summed E-state index contributed by atoms with van der Waals surface area (Å²) >= 11 is 0. The number of benzene rings is 2. The first-order valence-corrected chi connectivity index (χ1v) is 10.2. The summed E-state index contributed by atoms with van der Waals surface area (Å²) in [5.74, 6) is 0.324. The fraction of sp³-hybridized carbons (Fsp3) is 0.417. The van der Waals surface area contributed by atoms with Crippen LogP contribution < -0.4 is 10.1 Å². The average molecular weight is 397 g/mol. The van der Waals surface area contributed by atoms with Crippen molar-refractivity contribution in [2.24, 2.45) is 0 Å². The van der Waals surface area contributed by atoms with Gasteiger partial charge in [0.15, 0.2) is 6.61 Å². The third kappa shape index (κ3) is 6.93. The molecular formula is C24H32N2O3. The Kier molecular flexibility index (Phi) is 8.71. The zero-order chi connectivity index (χ0) is 21.2. The molecule has 0 aromatic heterocycles. The zero-order valence-electron chi connectivity index (χ0n) is 17.9. The Balaban J connectivity index is 2.10. The Morgan fingerprint density at radius 1 is 1.10 bits per heavy atom. The van der Waals surface area contributed by atoms with Gasteiger partial charge in [-0.15, -0.1) is 0 Å². The maximum absolute atomic E-state index is 13.0. The van der Waals surface area contributed by atoms with E-state index < -0.39 is 6.04 Å². The molecule has 0 aliphatic rings. The van der Waals surface area contributed by atoms with Crippen LogP contribution in [0.1, 0.15) is 43.4 Å². The van der Waals surface area contributed by atoms with Crippen molar-refractivity contribution >= 4 is 11.8 Å². The summed E-state index contributed by atoms with van der Waals surface area (Å²) < 4.78 is 5.78. The summed E-state index contributed by atoms with van der Waals surface area (Å²) in [7, 11) is 0. The van der Waals surface area contributed by atoms with E-state index in [2.05, 4.69) is 12.2 Å².